The molecule has 0 amide bonds. The van der Waals surface area contributed by atoms with Crippen molar-refractivity contribution in [1.29, 1.82) is 0 Å². The van der Waals surface area contributed by atoms with Gasteiger partial charge < -0.3 is 20.1 Å². The van der Waals surface area contributed by atoms with E-state index in [2.05, 4.69) is 38.2 Å². The molecule has 51 heavy (non-hydrogen) atoms. The highest BCUT2D eigenvalue weighted by Gasteiger charge is 2.26. The van der Waals surface area contributed by atoms with Gasteiger partial charge in [0.15, 0.2) is 6.10 Å². The topological polar surface area (TPSA) is 134 Å². The zero-order chi connectivity index (χ0) is 37.5. The number of hydrogen-bond donors (Lipinski definition) is 2. The summed E-state index contributed by atoms with van der Waals surface area (Å²) in [5.41, 5.74) is 5.34. The van der Waals surface area contributed by atoms with E-state index in [0.29, 0.717) is 6.42 Å². The Balaban J connectivity index is 4.18. The molecule has 3 N–H and O–H groups in total. The van der Waals surface area contributed by atoms with E-state index in [1.807, 2.05) is 0 Å². The highest BCUT2D eigenvalue weighted by atomic mass is 31.2. The van der Waals surface area contributed by atoms with E-state index in [1.54, 1.807) is 0 Å². The van der Waals surface area contributed by atoms with Crippen molar-refractivity contribution in [2.75, 3.05) is 26.4 Å². The zero-order valence-electron chi connectivity index (χ0n) is 32.8. The SMILES string of the molecule is CCCCCCC=CCCCCCCCC(=O)OCC(COP(=O)(O)OCCN)OC(=O)CCCCCCCCCC=CCCCCCCCC. The average molecular weight is 744 g/mol. The minimum Gasteiger partial charge on any atom is -0.462 e. The lowest BCUT2D eigenvalue weighted by atomic mass is 10.1. The summed E-state index contributed by atoms with van der Waals surface area (Å²) in [7, 11) is -4.37. The van der Waals surface area contributed by atoms with E-state index < -0.39 is 32.5 Å². The van der Waals surface area contributed by atoms with Crippen LogP contribution < -0.4 is 5.73 Å². The van der Waals surface area contributed by atoms with Crippen molar-refractivity contribution in [2.45, 2.75) is 200 Å². The maximum Gasteiger partial charge on any atom is 0.472 e. The highest BCUT2D eigenvalue weighted by molar-refractivity contribution is 7.47. The Hall–Kier alpha value is -1.51. The summed E-state index contributed by atoms with van der Waals surface area (Å²) in [6, 6.07) is 0. The third-order valence-electron chi connectivity index (χ3n) is 8.81. The third kappa shape index (κ3) is 38.0. The molecule has 0 fully saturated rings. The molecule has 2 atom stereocenters. The van der Waals surface area contributed by atoms with Gasteiger partial charge in [-0.3, -0.25) is 18.6 Å². The smallest absolute Gasteiger partial charge is 0.462 e. The van der Waals surface area contributed by atoms with Crippen molar-refractivity contribution >= 4 is 19.8 Å². The van der Waals surface area contributed by atoms with Gasteiger partial charge in [-0.1, -0.05) is 141 Å². The van der Waals surface area contributed by atoms with Crippen molar-refractivity contribution < 1.29 is 37.6 Å². The first-order valence-electron chi connectivity index (χ1n) is 20.8. The lowest BCUT2D eigenvalue weighted by molar-refractivity contribution is -0.161. The largest absolute Gasteiger partial charge is 0.472 e. The zero-order valence-corrected chi connectivity index (χ0v) is 33.7. The van der Waals surface area contributed by atoms with Crippen LogP contribution in [0.4, 0.5) is 0 Å². The summed E-state index contributed by atoms with van der Waals surface area (Å²) in [4.78, 5) is 34.8. The van der Waals surface area contributed by atoms with Gasteiger partial charge in [-0.25, -0.2) is 4.57 Å². The van der Waals surface area contributed by atoms with Crippen LogP contribution >= 0.6 is 7.82 Å². The monoisotopic (exact) mass is 744 g/mol. The average Bonchev–Trinajstić information content (AvgIpc) is 3.11. The molecule has 0 aliphatic carbocycles. The fraction of sp³-hybridized carbons (Fsp3) is 0.854. The molecule has 0 aliphatic heterocycles. The number of allylic oxidation sites excluding steroid dienone is 4. The molecule has 0 heterocycles. The van der Waals surface area contributed by atoms with Crippen LogP contribution in [0.5, 0.6) is 0 Å². The molecule has 2 unspecified atom stereocenters. The number of ether oxygens (including phenoxy) is 2. The maximum absolute atomic E-state index is 12.6. The van der Waals surface area contributed by atoms with Gasteiger partial charge >= 0.3 is 19.8 Å². The van der Waals surface area contributed by atoms with Crippen LogP contribution in [0.3, 0.4) is 0 Å². The molecule has 0 aromatic rings. The molecular formula is C41H78NO8P. The van der Waals surface area contributed by atoms with Crippen LogP contribution in [0, 0.1) is 0 Å². The maximum atomic E-state index is 12.6. The number of phosphoric acid groups is 1. The Bertz CT molecular complexity index is 897. The van der Waals surface area contributed by atoms with Crippen LogP contribution in [-0.4, -0.2) is 49.3 Å². The summed E-state index contributed by atoms with van der Waals surface area (Å²) in [5.74, 6) is -0.841. The van der Waals surface area contributed by atoms with Gasteiger partial charge in [0.05, 0.1) is 13.2 Å². The van der Waals surface area contributed by atoms with Gasteiger partial charge in [0.1, 0.15) is 6.61 Å². The minimum absolute atomic E-state index is 0.0525. The molecular weight excluding hydrogens is 665 g/mol. The van der Waals surface area contributed by atoms with Crippen molar-refractivity contribution in [3.05, 3.63) is 24.3 Å². The molecule has 0 bridgehead atoms. The van der Waals surface area contributed by atoms with E-state index in [9.17, 15) is 19.0 Å². The molecule has 0 aliphatic rings. The molecule has 9 nitrogen and oxygen atoms in total. The number of carbonyl (C=O) groups is 2. The Kier molecular flexibility index (Phi) is 37.1. The van der Waals surface area contributed by atoms with Crippen LogP contribution in [0.25, 0.3) is 0 Å². The Labute approximate surface area is 312 Å². The van der Waals surface area contributed by atoms with Crippen molar-refractivity contribution in [2.24, 2.45) is 5.73 Å². The molecule has 0 rings (SSSR count). The fourth-order valence-electron chi connectivity index (χ4n) is 5.68. The minimum atomic E-state index is -4.37. The number of unbranched alkanes of at least 4 members (excludes halogenated alkanes) is 22. The molecule has 0 aromatic carbocycles. The first-order chi connectivity index (χ1) is 24.8. The normalized spacial score (nSPS) is 13.6. The molecule has 0 aromatic heterocycles. The predicted molar refractivity (Wildman–Crippen MR) is 211 cm³/mol. The first kappa shape index (κ1) is 49.5. The number of hydrogen-bond acceptors (Lipinski definition) is 8. The first-order valence-corrected chi connectivity index (χ1v) is 22.3. The van der Waals surface area contributed by atoms with Gasteiger partial charge in [0.2, 0.25) is 0 Å². The Morgan fingerprint density at radius 2 is 0.961 bits per heavy atom. The Morgan fingerprint density at radius 3 is 1.41 bits per heavy atom. The second-order valence-electron chi connectivity index (χ2n) is 13.8. The van der Waals surface area contributed by atoms with E-state index in [0.717, 1.165) is 64.2 Å². The van der Waals surface area contributed by atoms with Crippen molar-refractivity contribution in [1.82, 2.24) is 0 Å². The van der Waals surface area contributed by atoms with Crippen molar-refractivity contribution in [3.8, 4) is 0 Å². The van der Waals surface area contributed by atoms with E-state index in [1.165, 1.54) is 96.3 Å². The summed E-state index contributed by atoms with van der Waals surface area (Å²) in [6.45, 7) is 3.70. The van der Waals surface area contributed by atoms with E-state index in [4.69, 9.17) is 24.3 Å². The predicted octanol–water partition coefficient (Wildman–Crippen LogP) is 11.6. The van der Waals surface area contributed by atoms with Crippen molar-refractivity contribution in [3.63, 3.8) is 0 Å². The molecule has 0 saturated carbocycles. The van der Waals surface area contributed by atoms with Gasteiger partial charge in [-0.2, -0.15) is 0 Å². The van der Waals surface area contributed by atoms with Crippen LogP contribution in [0.1, 0.15) is 194 Å². The number of nitrogens with two attached hydrogens (primary N) is 1. The number of phosphoric ester groups is 1. The molecule has 0 spiro atoms. The summed E-state index contributed by atoms with van der Waals surface area (Å²) in [6.07, 6.45) is 39.2. The van der Waals surface area contributed by atoms with Crippen LogP contribution in [0.15, 0.2) is 24.3 Å². The lowest BCUT2D eigenvalue weighted by Gasteiger charge is -2.19. The number of carbonyl (C=O) groups excluding carboxylic acids is 2. The molecule has 0 saturated heterocycles. The second kappa shape index (κ2) is 38.2. The molecule has 0 radical (unpaired) electrons. The second-order valence-corrected chi connectivity index (χ2v) is 15.3. The quantitative estimate of drug-likeness (QED) is 0.0273. The third-order valence-corrected chi connectivity index (χ3v) is 9.79. The lowest BCUT2D eigenvalue weighted by Crippen LogP contribution is -2.29. The van der Waals surface area contributed by atoms with Crippen LogP contribution in [0.2, 0.25) is 0 Å². The van der Waals surface area contributed by atoms with Gasteiger partial charge in [-0.05, 0) is 64.2 Å². The Morgan fingerprint density at radius 1 is 0.569 bits per heavy atom. The van der Waals surface area contributed by atoms with E-state index >= 15 is 0 Å². The summed E-state index contributed by atoms with van der Waals surface area (Å²) in [5, 5.41) is 0. The van der Waals surface area contributed by atoms with Gasteiger partial charge in [0, 0.05) is 19.4 Å². The highest BCUT2D eigenvalue weighted by Crippen LogP contribution is 2.43. The summed E-state index contributed by atoms with van der Waals surface area (Å²) < 4.78 is 32.7. The molecule has 10 heteroatoms. The summed E-state index contributed by atoms with van der Waals surface area (Å²) >= 11 is 0. The fourth-order valence-corrected chi connectivity index (χ4v) is 6.45. The molecule has 300 valence electrons. The van der Waals surface area contributed by atoms with Gasteiger partial charge in [-0.15, -0.1) is 0 Å². The standard InChI is InChI=1S/C41H78NO8P/c1-3-5-7-9-11-13-15-17-18-19-20-22-24-26-28-30-32-34-41(44)50-39(38-49-51(45,46)48-36-35-42)37-47-40(43)33-31-29-27-25-23-21-16-14-12-10-8-6-4-2/h14,16-18,39H,3-13,15,19-38,42H2,1-2H3,(H,45,46). The number of rotatable bonds is 39. The van der Waals surface area contributed by atoms with Gasteiger partial charge in [0.25, 0.3) is 0 Å². The van der Waals surface area contributed by atoms with E-state index in [-0.39, 0.29) is 32.6 Å². The van der Waals surface area contributed by atoms with Crippen LogP contribution in [-0.2, 0) is 32.7 Å². The number of esters is 2.